The zero-order valence-corrected chi connectivity index (χ0v) is 10.1. The fourth-order valence-electron chi connectivity index (χ4n) is 1.10. The largest absolute Gasteiger partial charge is 0.393 e. The molecule has 0 rings (SSSR count). The van der Waals surface area contributed by atoms with Crippen molar-refractivity contribution < 1.29 is 14.6 Å². The van der Waals surface area contributed by atoms with Gasteiger partial charge in [-0.25, -0.2) is 0 Å². The molecule has 1 amide bonds. The summed E-state index contributed by atoms with van der Waals surface area (Å²) in [7, 11) is 3.08. The number of ether oxygens (including phenoxy) is 1. The van der Waals surface area contributed by atoms with Gasteiger partial charge in [0.05, 0.1) is 23.6 Å². The van der Waals surface area contributed by atoms with Crippen LogP contribution in [0.15, 0.2) is 0 Å². The van der Waals surface area contributed by atoms with Gasteiger partial charge in [0.25, 0.3) is 0 Å². The number of aliphatic hydroxyl groups is 1. The Morgan fingerprint density at radius 1 is 1.67 bits per heavy atom. The predicted molar refractivity (Wildman–Crippen MR) is 61.5 cm³/mol. The van der Waals surface area contributed by atoms with Gasteiger partial charge in [-0.2, -0.15) is 0 Å². The number of hydrogen-bond donors (Lipinski definition) is 2. The van der Waals surface area contributed by atoms with Crippen LogP contribution in [0.3, 0.4) is 0 Å². The predicted octanol–water partition coefficient (Wildman–Crippen LogP) is -0.626. The minimum Gasteiger partial charge on any atom is -0.393 e. The molecule has 0 aliphatic rings. The topological polar surface area (TPSA) is 75.8 Å². The summed E-state index contributed by atoms with van der Waals surface area (Å²) >= 11 is 4.72. The number of likely N-dealkylation sites (N-methyl/N-ethyl adjacent to an activating group) is 1. The molecule has 0 aliphatic heterocycles. The fraction of sp³-hybridized carbons (Fsp3) is 0.778. The molecule has 88 valence electrons. The Hall–Kier alpha value is -0.720. The number of carbonyl (C=O) groups excluding carboxylic acids is 1. The number of nitrogens with two attached hydrogens (primary N) is 1. The van der Waals surface area contributed by atoms with Gasteiger partial charge in [0, 0.05) is 20.7 Å². The molecule has 2 atom stereocenters. The average molecular weight is 234 g/mol. The molecular formula is C9H18N2O3S. The molecule has 0 saturated carbocycles. The lowest BCUT2D eigenvalue weighted by atomic mass is 10.1. The highest BCUT2D eigenvalue weighted by Crippen LogP contribution is 2.02. The maximum absolute atomic E-state index is 11.6. The molecule has 0 radical (unpaired) electrons. The summed E-state index contributed by atoms with van der Waals surface area (Å²) in [6.07, 6.45) is -0.692. The first-order chi connectivity index (χ1) is 6.90. The van der Waals surface area contributed by atoms with Crippen molar-refractivity contribution in [3.63, 3.8) is 0 Å². The Morgan fingerprint density at radius 3 is 2.60 bits per heavy atom. The number of methoxy groups -OCH3 is 1. The van der Waals surface area contributed by atoms with Gasteiger partial charge in [0.2, 0.25) is 5.91 Å². The number of hydrogen-bond acceptors (Lipinski definition) is 4. The third kappa shape index (κ3) is 5.06. The van der Waals surface area contributed by atoms with E-state index >= 15 is 0 Å². The minimum atomic E-state index is -0.692. The Balaban J connectivity index is 4.15. The van der Waals surface area contributed by atoms with E-state index in [0.717, 1.165) is 0 Å². The zero-order chi connectivity index (χ0) is 12.0. The number of carbonyl (C=O) groups is 1. The first kappa shape index (κ1) is 14.3. The average Bonchev–Trinajstić information content (AvgIpc) is 2.15. The van der Waals surface area contributed by atoms with Crippen LogP contribution < -0.4 is 5.73 Å². The van der Waals surface area contributed by atoms with Crippen LogP contribution >= 0.6 is 12.2 Å². The Kier molecular flexibility index (Phi) is 6.38. The van der Waals surface area contributed by atoms with Crippen molar-refractivity contribution in [1.29, 1.82) is 0 Å². The van der Waals surface area contributed by atoms with Crippen LogP contribution in [0.2, 0.25) is 0 Å². The number of nitrogens with zero attached hydrogens (tertiary/aromatic N) is 1. The molecular weight excluding hydrogens is 216 g/mol. The van der Waals surface area contributed by atoms with E-state index in [0.29, 0.717) is 0 Å². The molecule has 6 heteroatoms. The highest BCUT2D eigenvalue weighted by Gasteiger charge is 2.21. The van der Waals surface area contributed by atoms with Crippen LogP contribution in [-0.2, 0) is 9.53 Å². The van der Waals surface area contributed by atoms with Gasteiger partial charge in [-0.15, -0.1) is 0 Å². The lowest BCUT2D eigenvalue weighted by Gasteiger charge is -2.23. The SMILES string of the molecule is COCC(O)CN(C)C(=O)C(C)C(N)=S. The number of amides is 1. The van der Waals surface area contributed by atoms with Crippen molar-refractivity contribution in [3.8, 4) is 0 Å². The summed E-state index contributed by atoms with van der Waals surface area (Å²) in [5.41, 5.74) is 5.36. The second-order valence-electron chi connectivity index (χ2n) is 3.45. The molecule has 0 spiro atoms. The van der Waals surface area contributed by atoms with E-state index in [4.69, 9.17) is 22.7 Å². The Labute approximate surface area is 95.2 Å². The van der Waals surface area contributed by atoms with E-state index in [2.05, 4.69) is 0 Å². The van der Waals surface area contributed by atoms with Crippen LogP contribution in [0.25, 0.3) is 0 Å². The minimum absolute atomic E-state index is 0.160. The summed E-state index contributed by atoms with van der Waals surface area (Å²) in [5.74, 6) is -0.697. The highest BCUT2D eigenvalue weighted by molar-refractivity contribution is 7.80. The Morgan fingerprint density at radius 2 is 2.20 bits per heavy atom. The van der Waals surface area contributed by atoms with E-state index in [1.165, 1.54) is 12.0 Å². The molecule has 0 fully saturated rings. The quantitative estimate of drug-likeness (QED) is 0.599. The smallest absolute Gasteiger partial charge is 0.232 e. The first-order valence-corrected chi connectivity index (χ1v) is 5.02. The van der Waals surface area contributed by atoms with Crippen LogP contribution in [0, 0.1) is 5.92 Å². The van der Waals surface area contributed by atoms with Crippen molar-refractivity contribution in [2.45, 2.75) is 13.0 Å². The van der Waals surface area contributed by atoms with Crippen molar-refractivity contribution >= 4 is 23.1 Å². The monoisotopic (exact) mass is 234 g/mol. The van der Waals surface area contributed by atoms with Crippen LogP contribution in [0.1, 0.15) is 6.92 Å². The summed E-state index contributed by atoms with van der Waals surface area (Å²) in [6, 6.07) is 0. The number of thiocarbonyl (C=S) groups is 1. The van der Waals surface area contributed by atoms with E-state index in [1.54, 1.807) is 14.0 Å². The molecule has 2 unspecified atom stereocenters. The van der Waals surface area contributed by atoms with Crippen molar-refractivity contribution in [3.05, 3.63) is 0 Å². The molecule has 0 heterocycles. The lowest BCUT2D eigenvalue weighted by molar-refractivity contribution is -0.133. The lowest BCUT2D eigenvalue weighted by Crippen LogP contribution is -2.42. The van der Waals surface area contributed by atoms with Gasteiger partial charge in [-0.05, 0) is 6.92 Å². The molecule has 0 aromatic rings. The van der Waals surface area contributed by atoms with Gasteiger partial charge < -0.3 is 20.5 Å². The van der Waals surface area contributed by atoms with E-state index < -0.39 is 12.0 Å². The fourth-order valence-corrected chi connectivity index (χ4v) is 1.20. The summed E-state index contributed by atoms with van der Waals surface area (Å²) in [6.45, 7) is 2.04. The molecule has 0 aromatic carbocycles. The maximum Gasteiger partial charge on any atom is 0.232 e. The zero-order valence-electron chi connectivity index (χ0n) is 9.27. The Bertz CT molecular complexity index is 235. The maximum atomic E-state index is 11.6. The van der Waals surface area contributed by atoms with E-state index in [9.17, 15) is 9.90 Å². The first-order valence-electron chi connectivity index (χ1n) is 4.61. The second kappa shape index (κ2) is 6.71. The van der Waals surface area contributed by atoms with Crippen molar-refractivity contribution in [1.82, 2.24) is 4.90 Å². The van der Waals surface area contributed by atoms with E-state index in [-0.39, 0.29) is 24.0 Å². The van der Waals surface area contributed by atoms with E-state index in [1.807, 2.05) is 0 Å². The normalized spacial score (nSPS) is 14.4. The summed E-state index contributed by atoms with van der Waals surface area (Å²) in [4.78, 5) is 13.2. The third-order valence-electron chi connectivity index (χ3n) is 2.02. The second-order valence-corrected chi connectivity index (χ2v) is 3.92. The molecule has 3 N–H and O–H groups in total. The van der Waals surface area contributed by atoms with Crippen LogP contribution in [0.5, 0.6) is 0 Å². The van der Waals surface area contributed by atoms with Gasteiger partial charge in [0.1, 0.15) is 0 Å². The third-order valence-corrected chi connectivity index (χ3v) is 2.37. The number of aliphatic hydroxyl groups excluding tert-OH is 1. The van der Waals surface area contributed by atoms with Crippen LogP contribution in [0.4, 0.5) is 0 Å². The van der Waals surface area contributed by atoms with Gasteiger partial charge in [-0.3, -0.25) is 4.79 Å². The van der Waals surface area contributed by atoms with Crippen LogP contribution in [-0.4, -0.2) is 54.3 Å². The summed E-state index contributed by atoms with van der Waals surface area (Å²) < 4.78 is 4.75. The summed E-state index contributed by atoms with van der Waals surface area (Å²) in [5, 5.41) is 9.41. The van der Waals surface area contributed by atoms with Gasteiger partial charge >= 0.3 is 0 Å². The van der Waals surface area contributed by atoms with Gasteiger partial charge in [-0.1, -0.05) is 12.2 Å². The van der Waals surface area contributed by atoms with Crippen molar-refractivity contribution in [2.24, 2.45) is 11.7 Å². The molecule has 0 saturated heterocycles. The van der Waals surface area contributed by atoms with Gasteiger partial charge in [0.15, 0.2) is 0 Å². The molecule has 5 nitrogen and oxygen atoms in total. The molecule has 0 aliphatic carbocycles. The molecule has 15 heavy (non-hydrogen) atoms. The highest BCUT2D eigenvalue weighted by atomic mass is 32.1. The molecule has 0 bridgehead atoms. The standard InChI is InChI=1S/C9H18N2O3S/c1-6(8(10)15)9(13)11(2)4-7(12)5-14-3/h6-7,12H,4-5H2,1-3H3,(H2,10,15). The molecule has 0 aromatic heterocycles. The van der Waals surface area contributed by atoms with Crippen molar-refractivity contribution in [2.75, 3.05) is 27.3 Å². The number of rotatable bonds is 6.